The molecule has 0 unspecified atom stereocenters. The first-order valence-corrected chi connectivity index (χ1v) is 8.67. The Morgan fingerprint density at radius 2 is 0.929 bits per heavy atom. The highest BCUT2D eigenvalue weighted by Gasteiger charge is 2.19. The Kier molecular flexibility index (Phi) is 4.53. The average molecular weight is 372 g/mol. The molecule has 4 rings (SSSR count). The summed E-state index contributed by atoms with van der Waals surface area (Å²) in [6.45, 7) is 0. The molecule has 136 valence electrons. The number of fused-ring (bicyclic) bond motifs is 1. The standard InChI is InChI=1S/C24H14F2O2/c25-18-11-7-16(8-12-18)23(27)20-5-1-3-15-4-2-6-21(22(15)20)24(28)17-9-13-19(26)14-10-17/h1-14H. The summed E-state index contributed by atoms with van der Waals surface area (Å²) in [7, 11) is 0. The fraction of sp³-hybridized carbons (Fsp3) is 0. The molecule has 0 heterocycles. The predicted molar refractivity (Wildman–Crippen MR) is 104 cm³/mol. The van der Waals surface area contributed by atoms with Gasteiger partial charge >= 0.3 is 0 Å². The first-order valence-electron chi connectivity index (χ1n) is 8.67. The highest BCUT2D eigenvalue weighted by molar-refractivity contribution is 6.23. The van der Waals surface area contributed by atoms with Crippen LogP contribution in [0.15, 0.2) is 84.9 Å². The van der Waals surface area contributed by atoms with E-state index < -0.39 is 11.6 Å². The Balaban J connectivity index is 1.89. The SMILES string of the molecule is O=C(c1ccc(F)cc1)c1cccc2cccc(C(=O)c3ccc(F)cc3)c12. The predicted octanol–water partition coefficient (Wildman–Crippen LogP) is 5.58. The molecule has 0 aliphatic rings. The normalized spacial score (nSPS) is 10.8. The largest absolute Gasteiger partial charge is 0.289 e. The van der Waals surface area contributed by atoms with E-state index >= 15 is 0 Å². The summed E-state index contributed by atoms with van der Waals surface area (Å²) in [6.07, 6.45) is 0. The minimum Gasteiger partial charge on any atom is -0.289 e. The molecule has 0 aromatic heterocycles. The number of rotatable bonds is 4. The highest BCUT2D eigenvalue weighted by Crippen LogP contribution is 2.27. The Hall–Kier alpha value is -3.66. The van der Waals surface area contributed by atoms with E-state index in [0.29, 0.717) is 27.6 Å². The Morgan fingerprint density at radius 1 is 0.536 bits per heavy atom. The van der Waals surface area contributed by atoms with Crippen LogP contribution in [-0.4, -0.2) is 11.6 Å². The third-order valence-electron chi connectivity index (χ3n) is 4.61. The van der Waals surface area contributed by atoms with E-state index in [2.05, 4.69) is 0 Å². The minimum absolute atomic E-state index is 0.301. The smallest absolute Gasteiger partial charge is 0.193 e. The van der Waals surface area contributed by atoms with Crippen LogP contribution in [0.1, 0.15) is 31.8 Å². The summed E-state index contributed by atoms with van der Waals surface area (Å²) < 4.78 is 26.4. The third kappa shape index (κ3) is 3.21. The highest BCUT2D eigenvalue weighted by atomic mass is 19.1. The van der Waals surface area contributed by atoms with Gasteiger partial charge in [-0.1, -0.05) is 36.4 Å². The second kappa shape index (κ2) is 7.16. The molecule has 2 nitrogen and oxygen atoms in total. The summed E-state index contributed by atoms with van der Waals surface area (Å²) in [5, 5.41) is 1.26. The molecule has 0 atom stereocenters. The van der Waals surface area contributed by atoms with Gasteiger partial charge in [-0.2, -0.15) is 0 Å². The van der Waals surface area contributed by atoms with Gasteiger partial charge in [-0.05, 0) is 53.9 Å². The van der Waals surface area contributed by atoms with E-state index in [9.17, 15) is 18.4 Å². The van der Waals surface area contributed by atoms with Gasteiger partial charge in [0.25, 0.3) is 0 Å². The van der Waals surface area contributed by atoms with Gasteiger partial charge in [-0.15, -0.1) is 0 Å². The van der Waals surface area contributed by atoms with Crippen LogP contribution in [0, 0.1) is 11.6 Å². The topological polar surface area (TPSA) is 34.1 Å². The molecule has 0 bridgehead atoms. The number of halogens is 2. The lowest BCUT2D eigenvalue weighted by molar-refractivity contribution is 0.103. The van der Waals surface area contributed by atoms with Crippen LogP contribution >= 0.6 is 0 Å². The van der Waals surface area contributed by atoms with Gasteiger partial charge in [0, 0.05) is 27.6 Å². The van der Waals surface area contributed by atoms with Crippen molar-refractivity contribution in [1.29, 1.82) is 0 Å². The number of hydrogen-bond acceptors (Lipinski definition) is 2. The van der Waals surface area contributed by atoms with E-state index in [-0.39, 0.29) is 11.6 Å². The summed E-state index contributed by atoms with van der Waals surface area (Å²) >= 11 is 0. The molecular weight excluding hydrogens is 358 g/mol. The molecule has 4 heteroatoms. The Morgan fingerprint density at radius 3 is 1.32 bits per heavy atom. The molecule has 28 heavy (non-hydrogen) atoms. The van der Waals surface area contributed by atoms with Gasteiger partial charge in [-0.3, -0.25) is 9.59 Å². The molecule has 0 amide bonds. The van der Waals surface area contributed by atoms with Crippen molar-refractivity contribution in [2.45, 2.75) is 0 Å². The molecule has 0 N–H and O–H groups in total. The van der Waals surface area contributed by atoms with Gasteiger partial charge in [0.15, 0.2) is 11.6 Å². The molecule has 0 saturated carbocycles. The summed E-state index contributed by atoms with van der Waals surface area (Å²) in [4.78, 5) is 26.1. The fourth-order valence-corrected chi connectivity index (χ4v) is 3.23. The number of benzene rings is 4. The van der Waals surface area contributed by atoms with E-state index in [4.69, 9.17) is 0 Å². The van der Waals surface area contributed by atoms with Gasteiger partial charge in [-0.25, -0.2) is 8.78 Å². The second-order valence-corrected chi connectivity index (χ2v) is 6.38. The van der Waals surface area contributed by atoms with Gasteiger partial charge in [0.2, 0.25) is 0 Å². The molecule has 4 aromatic rings. The first-order chi connectivity index (χ1) is 13.5. The van der Waals surface area contributed by atoms with Gasteiger partial charge in [0.1, 0.15) is 11.6 Å². The van der Waals surface area contributed by atoms with E-state index in [0.717, 1.165) is 5.39 Å². The zero-order chi connectivity index (χ0) is 19.7. The van der Waals surface area contributed by atoms with Crippen LogP contribution in [0.2, 0.25) is 0 Å². The van der Waals surface area contributed by atoms with E-state index in [1.807, 2.05) is 12.1 Å². The molecule has 4 aromatic carbocycles. The lowest BCUT2D eigenvalue weighted by Gasteiger charge is -2.11. The van der Waals surface area contributed by atoms with Crippen molar-refractivity contribution in [3.8, 4) is 0 Å². The van der Waals surface area contributed by atoms with Crippen molar-refractivity contribution in [3.63, 3.8) is 0 Å². The van der Waals surface area contributed by atoms with Crippen LogP contribution < -0.4 is 0 Å². The average Bonchev–Trinajstić information content (AvgIpc) is 2.73. The lowest BCUT2D eigenvalue weighted by atomic mass is 9.91. The fourth-order valence-electron chi connectivity index (χ4n) is 3.23. The van der Waals surface area contributed by atoms with Crippen molar-refractivity contribution in [3.05, 3.63) is 119 Å². The molecule has 0 radical (unpaired) electrons. The molecular formula is C24H14F2O2. The van der Waals surface area contributed by atoms with Gasteiger partial charge in [0.05, 0.1) is 0 Å². The van der Waals surface area contributed by atoms with Crippen LogP contribution in [0.3, 0.4) is 0 Å². The zero-order valence-electron chi connectivity index (χ0n) is 14.7. The van der Waals surface area contributed by atoms with Crippen molar-refractivity contribution >= 4 is 22.3 Å². The van der Waals surface area contributed by atoms with Crippen molar-refractivity contribution in [2.24, 2.45) is 0 Å². The monoisotopic (exact) mass is 372 g/mol. The van der Waals surface area contributed by atoms with Crippen molar-refractivity contribution in [2.75, 3.05) is 0 Å². The maximum Gasteiger partial charge on any atom is 0.193 e. The third-order valence-corrected chi connectivity index (χ3v) is 4.61. The minimum atomic E-state index is -0.429. The number of ketones is 2. The maximum atomic E-state index is 13.2. The summed E-state index contributed by atoms with van der Waals surface area (Å²) in [6, 6.07) is 21.0. The molecule has 0 fully saturated rings. The maximum absolute atomic E-state index is 13.2. The Bertz CT molecular complexity index is 1100. The van der Waals surface area contributed by atoms with Crippen LogP contribution in [0.25, 0.3) is 10.8 Å². The van der Waals surface area contributed by atoms with Crippen LogP contribution in [0.4, 0.5) is 8.78 Å². The molecule has 0 saturated heterocycles. The lowest BCUT2D eigenvalue weighted by Crippen LogP contribution is -2.07. The van der Waals surface area contributed by atoms with E-state index in [1.54, 1.807) is 24.3 Å². The number of carbonyl (C=O) groups is 2. The van der Waals surface area contributed by atoms with Crippen LogP contribution in [-0.2, 0) is 0 Å². The molecule has 0 aliphatic heterocycles. The van der Waals surface area contributed by atoms with Crippen molar-refractivity contribution in [1.82, 2.24) is 0 Å². The number of carbonyl (C=O) groups excluding carboxylic acids is 2. The van der Waals surface area contributed by atoms with E-state index in [1.165, 1.54) is 48.5 Å². The molecule has 0 aliphatic carbocycles. The quantitative estimate of drug-likeness (QED) is 0.438. The number of hydrogen-bond donors (Lipinski definition) is 0. The Labute approximate surface area is 160 Å². The van der Waals surface area contributed by atoms with Gasteiger partial charge < -0.3 is 0 Å². The summed E-state index contributed by atoms with van der Waals surface area (Å²) in [5.74, 6) is -1.46. The summed E-state index contributed by atoms with van der Waals surface area (Å²) in [5.41, 5.74) is 1.38. The zero-order valence-corrected chi connectivity index (χ0v) is 14.7. The first kappa shape index (κ1) is 17.7. The van der Waals surface area contributed by atoms with Crippen LogP contribution in [0.5, 0.6) is 0 Å². The van der Waals surface area contributed by atoms with Crippen molar-refractivity contribution < 1.29 is 18.4 Å². The molecule has 0 spiro atoms. The second-order valence-electron chi connectivity index (χ2n) is 6.38.